The summed E-state index contributed by atoms with van der Waals surface area (Å²) >= 11 is 0. The number of nitriles is 1. The van der Waals surface area contributed by atoms with E-state index in [2.05, 4.69) is 11.4 Å². The second kappa shape index (κ2) is 10.2. The fourth-order valence-corrected chi connectivity index (χ4v) is 5.93. The Morgan fingerprint density at radius 3 is 2.46 bits per heavy atom. The molecule has 9 heteroatoms. The molecule has 0 aromatic heterocycles. The Morgan fingerprint density at radius 2 is 1.84 bits per heavy atom. The van der Waals surface area contributed by atoms with Gasteiger partial charge in [-0.3, -0.25) is 9.69 Å². The van der Waals surface area contributed by atoms with E-state index in [9.17, 15) is 23.3 Å². The fourth-order valence-electron chi connectivity index (χ4n) is 5.26. The highest BCUT2D eigenvalue weighted by molar-refractivity contribution is 7.90. The van der Waals surface area contributed by atoms with Crippen LogP contribution in [0.3, 0.4) is 0 Å². The van der Waals surface area contributed by atoms with Crippen LogP contribution in [0.15, 0.2) is 53.4 Å². The fraction of sp³-hybridized carbons (Fsp3) is 0.464. The van der Waals surface area contributed by atoms with Crippen molar-refractivity contribution in [3.63, 3.8) is 0 Å². The van der Waals surface area contributed by atoms with Crippen LogP contribution < -0.4 is 5.32 Å². The lowest BCUT2D eigenvalue weighted by Crippen LogP contribution is -2.55. The minimum Gasteiger partial charge on any atom is -0.444 e. The van der Waals surface area contributed by atoms with Crippen LogP contribution in [0.4, 0.5) is 4.79 Å². The van der Waals surface area contributed by atoms with E-state index in [1.165, 1.54) is 6.26 Å². The lowest BCUT2D eigenvalue weighted by Gasteiger charge is -2.35. The van der Waals surface area contributed by atoms with Gasteiger partial charge in [-0.05, 0) is 74.8 Å². The zero-order valence-corrected chi connectivity index (χ0v) is 22.4. The number of ether oxygens (including phenoxy) is 1. The molecule has 2 aromatic carbocycles. The number of hydrogen-bond donors (Lipinski definition) is 1. The molecule has 8 nitrogen and oxygen atoms in total. The molecule has 1 aliphatic heterocycles. The van der Waals surface area contributed by atoms with E-state index >= 15 is 0 Å². The van der Waals surface area contributed by atoms with E-state index in [1.54, 1.807) is 43.9 Å². The topological polar surface area (TPSA) is 117 Å². The molecule has 4 rings (SSSR count). The number of sulfone groups is 1. The first-order chi connectivity index (χ1) is 17.4. The molecule has 1 saturated heterocycles. The summed E-state index contributed by atoms with van der Waals surface area (Å²) < 4.78 is 29.3. The molecule has 1 saturated carbocycles. The maximum Gasteiger partial charge on any atom is 0.411 e. The van der Waals surface area contributed by atoms with Gasteiger partial charge >= 0.3 is 6.09 Å². The molecular formula is C28H33N3O5S. The van der Waals surface area contributed by atoms with Crippen LogP contribution in [0.2, 0.25) is 0 Å². The Hall–Kier alpha value is -3.38. The van der Waals surface area contributed by atoms with Crippen molar-refractivity contribution in [2.75, 3.05) is 6.26 Å². The Bertz CT molecular complexity index is 1320. The van der Waals surface area contributed by atoms with Gasteiger partial charge in [-0.2, -0.15) is 5.26 Å². The Morgan fingerprint density at radius 1 is 1.14 bits per heavy atom. The number of benzene rings is 2. The van der Waals surface area contributed by atoms with Gasteiger partial charge in [0.25, 0.3) is 0 Å². The number of amides is 2. The van der Waals surface area contributed by atoms with Gasteiger partial charge < -0.3 is 10.1 Å². The standard InChI is InChI=1S/C28H33N3O5S/c1-28(2,3)36-27(33)31-23-13-12-21(15-23)25(31)26(32)30-22(17-29)14-18-8-10-19(11-9-18)20-6-5-7-24(16-20)37(4,34)35/h5-11,16,21-23,25H,12-15H2,1-4H3,(H,30,32)/t21-,22-,23+,25-/m0/s1. The number of nitrogens with one attached hydrogen (secondary N) is 1. The zero-order chi connectivity index (χ0) is 27.0. The molecule has 1 heterocycles. The van der Waals surface area contributed by atoms with Gasteiger partial charge in [0.2, 0.25) is 5.91 Å². The highest BCUT2D eigenvalue weighted by Crippen LogP contribution is 2.43. The number of rotatable bonds is 6. The minimum atomic E-state index is -3.31. The van der Waals surface area contributed by atoms with Gasteiger partial charge in [0.1, 0.15) is 17.7 Å². The Labute approximate surface area is 218 Å². The van der Waals surface area contributed by atoms with Crippen LogP contribution in [0.1, 0.15) is 45.6 Å². The van der Waals surface area contributed by atoms with E-state index in [1.807, 2.05) is 30.3 Å². The monoisotopic (exact) mass is 523 g/mol. The molecule has 0 radical (unpaired) electrons. The van der Waals surface area contributed by atoms with Crippen LogP contribution in [0.25, 0.3) is 11.1 Å². The Kier molecular flexibility index (Phi) is 7.33. The quantitative estimate of drug-likeness (QED) is 0.609. The minimum absolute atomic E-state index is 0.00937. The third-order valence-corrected chi connectivity index (χ3v) is 8.03. The lowest BCUT2D eigenvalue weighted by atomic mass is 9.97. The number of nitrogens with zero attached hydrogens (tertiary/aromatic N) is 2. The number of piperidine rings is 1. The van der Waals surface area contributed by atoms with Crippen LogP contribution in [0, 0.1) is 17.2 Å². The average Bonchev–Trinajstić information content (AvgIpc) is 3.44. The van der Waals surface area contributed by atoms with E-state index in [0.29, 0.717) is 6.42 Å². The predicted molar refractivity (Wildman–Crippen MR) is 139 cm³/mol. The van der Waals surface area contributed by atoms with Crippen molar-refractivity contribution in [3.8, 4) is 17.2 Å². The third-order valence-electron chi connectivity index (χ3n) is 6.92. The third kappa shape index (κ3) is 6.13. The van der Waals surface area contributed by atoms with Gasteiger partial charge in [-0.25, -0.2) is 13.2 Å². The molecule has 1 N–H and O–H groups in total. The van der Waals surface area contributed by atoms with Crippen LogP contribution in [0.5, 0.6) is 0 Å². The summed E-state index contributed by atoms with van der Waals surface area (Å²) in [5.74, 6) is -0.252. The van der Waals surface area contributed by atoms with Gasteiger partial charge in [0.15, 0.2) is 9.84 Å². The van der Waals surface area contributed by atoms with Crippen LogP contribution in [-0.2, 0) is 25.8 Å². The molecule has 2 fully saturated rings. The molecular weight excluding hydrogens is 490 g/mol. The van der Waals surface area contributed by atoms with Gasteiger partial charge in [0.05, 0.1) is 11.0 Å². The maximum absolute atomic E-state index is 13.3. The Balaban J connectivity index is 1.43. The molecule has 196 valence electrons. The molecule has 2 bridgehead atoms. The summed E-state index contributed by atoms with van der Waals surface area (Å²) in [6.07, 6.45) is 3.50. The largest absolute Gasteiger partial charge is 0.444 e. The number of fused-ring (bicyclic) bond motifs is 2. The summed E-state index contributed by atoms with van der Waals surface area (Å²) in [7, 11) is -3.31. The number of carbonyl (C=O) groups is 2. The van der Waals surface area contributed by atoms with Crippen molar-refractivity contribution >= 4 is 21.8 Å². The van der Waals surface area contributed by atoms with Crippen molar-refractivity contribution in [3.05, 3.63) is 54.1 Å². The highest BCUT2D eigenvalue weighted by atomic mass is 32.2. The molecule has 2 amide bonds. The predicted octanol–water partition coefficient (Wildman–Crippen LogP) is 4.10. The smallest absolute Gasteiger partial charge is 0.411 e. The van der Waals surface area contributed by atoms with Crippen molar-refractivity contribution in [1.29, 1.82) is 5.26 Å². The van der Waals surface area contributed by atoms with Crippen molar-refractivity contribution in [2.45, 2.75) is 75.1 Å². The van der Waals surface area contributed by atoms with Crippen molar-refractivity contribution in [2.24, 2.45) is 5.92 Å². The molecule has 2 aliphatic rings. The molecule has 0 unspecified atom stereocenters. The normalized spacial score (nSPS) is 21.8. The molecule has 2 aromatic rings. The van der Waals surface area contributed by atoms with Crippen LogP contribution in [-0.4, -0.2) is 55.3 Å². The van der Waals surface area contributed by atoms with Crippen molar-refractivity contribution in [1.82, 2.24) is 10.2 Å². The molecule has 1 aliphatic carbocycles. The second-order valence-corrected chi connectivity index (χ2v) is 13.0. The van der Waals surface area contributed by atoms with Gasteiger partial charge in [-0.1, -0.05) is 36.4 Å². The second-order valence-electron chi connectivity index (χ2n) is 11.0. The summed E-state index contributed by atoms with van der Waals surface area (Å²) in [6, 6.07) is 15.0. The first kappa shape index (κ1) is 26.7. The van der Waals surface area contributed by atoms with Crippen LogP contribution >= 0.6 is 0 Å². The van der Waals surface area contributed by atoms with Gasteiger partial charge in [-0.15, -0.1) is 0 Å². The first-order valence-electron chi connectivity index (χ1n) is 12.5. The first-order valence-corrected chi connectivity index (χ1v) is 14.4. The molecule has 37 heavy (non-hydrogen) atoms. The highest BCUT2D eigenvalue weighted by Gasteiger charge is 2.52. The van der Waals surface area contributed by atoms with Gasteiger partial charge in [0, 0.05) is 18.7 Å². The molecule has 0 spiro atoms. The molecule has 4 atom stereocenters. The number of carbonyl (C=O) groups excluding carboxylic acids is 2. The summed E-state index contributed by atoms with van der Waals surface area (Å²) in [5.41, 5.74) is 1.82. The zero-order valence-electron chi connectivity index (χ0n) is 21.6. The lowest BCUT2D eigenvalue weighted by molar-refractivity contribution is -0.128. The summed E-state index contributed by atoms with van der Waals surface area (Å²) in [4.78, 5) is 28.0. The van der Waals surface area contributed by atoms with E-state index in [-0.39, 0.29) is 22.8 Å². The van der Waals surface area contributed by atoms with E-state index in [4.69, 9.17) is 4.74 Å². The van der Waals surface area contributed by atoms with E-state index < -0.39 is 33.6 Å². The number of hydrogen-bond acceptors (Lipinski definition) is 6. The summed E-state index contributed by atoms with van der Waals surface area (Å²) in [6.45, 7) is 5.40. The average molecular weight is 524 g/mol. The summed E-state index contributed by atoms with van der Waals surface area (Å²) in [5, 5.41) is 12.6. The maximum atomic E-state index is 13.3. The SMILES string of the molecule is CC(C)(C)OC(=O)N1[C@@H]2CC[C@@H](C2)[C@H]1C(=O)N[C@H](C#N)Cc1ccc(-c2cccc(S(C)(=O)=O)c2)cc1. The van der Waals surface area contributed by atoms with E-state index in [0.717, 1.165) is 36.0 Å². The van der Waals surface area contributed by atoms with Crippen molar-refractivity contribution < 1.29 is 22.7 Å². The number of likely N-dealkylation sites (tertiary alicyclic amines) is 1.